The van der Waals surface area contributed by atoms with Crippen molar-refractivity contribution in [3.63, 3.8) is 0 Å². The van der Waals surface area contributed by atoms with Gasteiger partial charge in [-0.1, -0.05) is 17.2 Å². The molecule has 9 rings (SSSR count). The molecule has 0 spiro atoms. The fraction of sp³-hybridized carbons (Fsp3) is 0.553. The highest BCUT2D eigenvalue weighted by molar-refractivity contribution is 7.89. The van der Waals surface area contributed by atoms with Crippen LogP contribution in [-0.2, 0) is 37.4 Å². The molecule has 8 atom stereocenters. The van der Waals surface area contributed by atoms with Gasteiger partial charge in [0.1, 0.15) is 48.0 Å². The lowest BCUT2D eigenvalue weighted by molar-refractivity contribution is -0.0434. The number of hydrogen-bond donors (Lipinski definition) is 9. The van der Waals surface area contributed by atoms with E-state index in [0.29, 0.717) is 49.5 Å². The van der Waals surface area contributed by atoms with Crippen LogP contribution in [0.15, 0.2) is 33.8 Å². The van der Waals surface area contributed by atoms with Gasteiger partial charge in [0.15, 0.2) is 57.9 Å². The number of carbonyl (C=O) groups excluding carboxylic acids is 1. The van der Waals surface area contributed by atoms with Crippen LogP contribution in [0, 0.1) is 0 Å². The Kier molecular flexibility index (Phi) is 15.4. The molecule has 1 amide bonds. The van der Waals surface area contributed by atoms with Crippen LogP contribution in [0.1, 0.15) is 74.3 Å². The Morgan fingerprint density at radius 1 is 0.783 bits per heavy atom. The van der Waals surface area contributed by atoms with Crippen molar-refractivity contribution < 1.29 is 67.1 Å². The highest BCUT2D eigenvalue weighted by Crippen LogP contribution is 2.42. The summed E-state index contributed by atoms with van der Waals surface area (Å²) in [6, 6.07) is 2.88. The number of fused-ring (bicyclic) bond motifs is 2. The maximum atomic E-state index is 12.0. The van der Waals surface area contributed by atoms with E-state index < -0.39 is 59.1 Å². The second kappa shape index (κ2) is 21.3. The number of aliphatic hydroxyl groups is 6. The SMILES string of the molecule is CCNS(=O)(=O)CCNc1nc(Cl)nc2c1ncn2[C@@H]1O[C@H](c2cc(CO)no2)[C@@H](O)[C@H]1O.CCOC(=O)N1CCC(Nc2nc(Cl)nc3c2ncn3[C@@H]2O[C@H](c3cc(CO)no3)[C@@H](O)[C@H]2O)CC1. The van der Waals surface area contributed by atoms with Crippen molar-refractivity contribution in [2.75, 3.05) is 49.2 Å². The van der Waals surface area contributed by atoms with Gasteiger partial charge in [0.25, 0.3) is 0 Å². The Morgan fingerprint density at radius 3 is 1.77 bits per heavy atom. The van der Waals surface area contributed by atoms with Crippen molar-refractivity contribution in [1.82, 2.24) is 59.0 Å². The molecule has 0 bridgehead atoms. The van der Waals surface area contributed by atoms with Crippen LogP contribution in [0.4, 0.5) is 16.4 Å². The van der Waals surface area contributed by atoms with Gasteiger partial charge in [0.2, 0.25) is 20.6 Å². The normalized spacial score (nSPS) is 24.2. The number of aliphatic hydroxyl groups excluding tert-OH is 6. The number of likely N-dealkylation sites (tertiary alicyclic amines) is 1. The number of imidazole rings is 2. The van der Waals surface area contributed by atoms with E-state index in [1.54, 1.807) is 18.7 Å². The summed E-state index contributed by atoms with van der Waals surface area (Å²) in [6.07, 6.45) is -5.86. The molecule has 0 radical (unpaired) electrons. The number of carbonyl (C=O) groups is 1. The molecule has 69 heavy (non-hydrogen) atoms. The van der Waals surface area contributed by atoms with E-state index in [4.69, 9.17) is 51.6 Å². The van der Waals surface area contributed by atoms with Crippen molar-refractivity contribution in [2.45, 2.75) is 95.0 Å². The molecule has 6 aromatic rings. The first-order valence-corrected chi connectivity index (χ1v) is 23.9. The first-order chi connectivity index (χ1) is 33.1. The van der Waals surface area contributed by atoms with Gasteiger partial charge in [-0.3, -0.25) is 9.13 Å². The highest BCUT2D eigenvalue weighted by Gasteiger charge is 2.48. The largest absolute Gasteiger partial charge is 0.450 e. The summed E-state index contributed by atoms with van der Waals surface area (Å²) in [6.45, 7) is 4.48. The van der Waals surface area contributed by atoms with Crippen LogP contribution in [0.3, 0.4) is 0 Å². The number of aromatic nitrogens is 10. The first-order valence-electron chi connectivity index (χ1n) is 21.5. The van der Waals surface area contributed by atoms with E-state index in [9.17, 15) is 38.7 Å². The highest BCUT2D eigenvalue weighted by atomic mass is 35.5. The van der Waals surface area contributed by atoms with Crippen molar-refractivity contribution >= 4 is 73.3 Å². The van der Waals surface area contributed by atoms with Gasteiger partial charge in [0.05, 0.1) is 38.2 Å². The Labute approximate surface area is 400 Å². The molecule has 0 aromatic carbocycles. The Hall–Kier alpha value is -5.44. The summed E-state index contributed by atoms with van der Waals surface area (Å²) in [5.41, 5.74) is 1.68. The van der Waals surface area contributed by atoms with Crippen molar-refractivity contribution in [3.05, 3.63) is 58.3 Å². The number of nitrogens with zero attached hydrogens (tertiary/aromatic N) is 11. The third-order valence-corrected chi connectivity index (χ3v) is 13.0. The van der Waals surface area contributed by atoms with E-state index >= 15 is 0 Å². The number of anilines is 2. The van der Waals surface area contributed by atoms with E-state index in [1.807, 2.05) is 0 Å². The van der Waals surface area contributed by atoms with Crippen LogP contribution >= 0.6 is 23.2 Å². The number of hydrogen-bond acceptors (Lipinski definition) is 24. The van der Waals surface area contributed by atoms with Gasteiger partial charge < -0.3 is 69.4 Å². The Balaban J connectivity index is 0.000000187. The molecule has 3 saturated heterocycles. The monoisotopic (exact) mass is 1030 g/mol. The molecule has 0 unspecified atom stereocenters. The average Bonchev–Trinajstić information content (AvgIpc) is 4.20. The molecule has 3 aliphatic heterocycles. The van der Waals surface area contributed by atoms with E-state index in [-0.39, 0.29) is 94.6 Å². The van der Waals surface area contributed by atoms with Crippen LogP contribution in [0.25, 0.3) is 22.3 Å². The number of sulfonamides is 1. The first kappa shape index (κ1) is 50.0. The number of nitrogens with one attached hydrogen (secondary N) is 3. The van der Waals surface area contributed by atoms with Gasteiger partial charge in [-0.05, 0) is 43.0 Å². The zero-order valence-electron chi connectivity index (χ0n) is 36.6. The predicted molar refractivity (Wildman–Crippen MR) is 236 cm³/mol. The zero-order chi connectivity index (χ0) is 49.1. The number of piperidine rings is 1. The van der Waals surface area contributed by atoms with Crippen LogP contribution in [0.5, 0.6) is 0 Å². The summed E-state index contributed by atoms with van der Waals surface area (Å²) in [7, 11) is -3.44. The molecule has 9 heterocycles. The fourth-order valence-corrected chi connectivity index (χ4v) is 9.19. The number of amides is 1. The van der Waals surface area contributed by atoms with E-state index in [0.717, 1.165) is 0 Å². The van der Waals surface area contributed by atoms with E-state index in [2.05, 4.69) is 55.6 Å². The molecule has 3 fully saturated rings. The average molecular weight is 1030 g/mol. The molecule has 31 heteroatoms. The molecule has 0 aliphatic carbocycles. The maximum Gasteiger partial charge on any atom is 0.409 e. The molecule has 374 valence electrons. The van der Waals surface area contributed by atoms with Gasteiger partial charge in [-0.15, -0.1) is 0 Å². The Morgan fingerprint density at radius 2 is 1.29 bits per heavy atom. The lowest BCUT2D eigenvalue weighted by atomic mass is 10.1. The van der Waals surface area contributed by atoms with Crippen molar-refractivity contribution in [1.29, 1.82) is 0 Å². The smallest absolute Gasteiger partial charge is 0.409 e. The lowest BCUT2D eigenvalue weighted by Gasteiger charge is -2.31. The molecular weight excluding hydrogens is 979 g/mol. The second-order valence-corrected chi connectivity index (χ2v) is 18.4. The summed E-state index contributed by atoms with van der Waals surface area (Å²) in [4.78, 5) is 39.0. The molecular formula is C38H48Cl2N14O14S. The van der Waals surface area contributed by atoms with Crippen LogP contribution < -0.4 is 15.4 Å². The molecule has 6 aromatic heterocycles. The quantitative estimate of drug-likeness (QED) is 0.0624. The number of rotatable bonds is 15. The second-order valence-electron chi connectivity index (χ2n) is 15.8. The summed E-state index contributed by atoms with van der Waals surface area (Å²) in [5.74, 6) is 0.709. The standard InChI is InChI=1S/C21H26ClN7O7.C17H22ClN7O7S/c1-2-34-21(33)28-5-3-10(4-6-28)24-17-13-18(26-20(22)25-17)29(9-23-13)19-15(32)14(31)16(35-19)12-7-11(8-30)27-36-12;1-2-21-33(29,30)4-3-19-14-10-15(23-17(18)22-14)25(7-20-10)16-12(28)11(27)13(31-16)9-5-8(6-26)24-32-9/h7,9-10,14-16,19,30-32H,2-6,8H2,1H3,(H,24,25,26);5,7,11-13,16,21,26-28H,2-4,6H2,1H3,(H,19,22,23)/t14-,15+,16+,19+;11-,12+,13+,16+/m00/s1. The minimum absolute atomic E-state index is 0.0155. The van der Waals surface area contributed by atoms with Gasteiger partial charge in [-0.2, -0.15) is 19.9 Å². The summed E-state index contributed by atoms with van der Waals surface area (Å²) >= 11 is 12.3. The molecule has 9 N–H and O–H groups in total. The fourth-order valence-electron chi connectivity index (χ4n) is 7.91. The van der Waals surface area contributed by atoms with Crippen LogP contribution in [-0.4, -0.2) is 168 Å². The van der Waals surface area contributed by atoms with Crippen LogP contribution in [0.2, 0.25) is 10.6 Å². The summed E-state index contributed by atoms with van der Waals surface area (Å²) in [5, 5.41) is 74.1. The minimum Gasteiger partial charge on any atom is -0.450 e. The number of halogens is 2. The minimum atomic E-state index is -3.44. The number of ether oxygens (including phenoxy) is 3. The lowest BCUT2D eigenvalue weighted by Crippen LogP contribution is -2.42. The van der Waals surface area contributed by atoms with E-state index in [1.165, 1.54) is 33.9 Å². The molecule has 28 nitrogen and oxygen atoms in total. The summed E-state index contributed by atoms with van der Waals surface area (Å²) < 4.78 is 55.9. The maximum absolute atomic E-state index is 12.0. The van der Waals surface area contributed by atoms with Gasteiger partial charge in [0, 0.05) is 44.4 Å². The van der Waals surface area contributed by atoms with Crippen molar-refractivity contribution in [3.8, 4) is 0 Å². The zero-order valence-corrected chi connectivity index (χ0v) is 38.9. The predicted octanol–water partition coefficient (Wildman–Crippen LogP) is 0.288. The molecule has 3 aliphatic rings. The van der Waals surface area contributed by atoms with Gasteiger partial charge >= 0.3 is 6.09 Å². The molecule has 0 saturated carbocycles. The topological polar surface area (TPSA) is 379 Å². The van der Waals surface area contributed by atoms with Gasteiger partial charge in [-0.25, -0.2) is 27.9 Å². The third kappa shape index (κ3) is 10.7. The van der Waals surface area contributed by atoms with Crippen molar-refractivity contribution in [2.24, 2.45) is 0 Å². The third-order valence-electron chi connectivity index (χ3n) is 11.2. The Bertz CT molecular complexity index is 2840.